The molecule has 0 aliphatic heterocycles. The molecule has 4 rings (SSSR count). The van der Waals surface area contributed by atoms with Crippen molar-refractivity contribution in [2.24, 2.45) is 5.92 Å². The van der Waals surface area contributed by atoms with Crippen LogP contribution in [0.5, 0.6) is 11.5 Å². The standard InChI is InChI=1S/C39H44O6/c1-5-6-7-8-29-9-11-33(12-10-29)37-25-35(43-23-24-44-38(41)27(2)3)21-22-36(37)32-15-13-30(14-16-32)31-17-19-34(20-18-31)45-39(42)28(4)26-40/h5-6,13-22,25,29,33,40H,2,4,7-12,23-24,26H2,1,3H3/b6-5+. The van der Waals surface area contributed by atoms with Crippen molar-refractivity contribution in [3.05, 3.63) is 109 Å². The maximum atomic E-state index is 11.9. The Balaban J connectivity index is 1.50. The molecule has 1 N–H and O–H groups in total. The highest BCUT2D eigenvalue weighted by atomic mass is 16.6. The summed E-state index contributed by atoms with van der Waals surface area (Å²) in [4.78, 5) is 23.6. The molecule has 6 nitrogen and oxygen atoms in total. The number of rotatable bonds is 14. The van der Waals surface area contributed by atoms with Gasteiger partial charge in [0.05, 0.1) is 12.2 Å². The molecule has 1 fully saturated rings. The van der Waals surface area contributed by atoms with Crippen LogP contribution in [0.3, 0.4) is 0 Å². The molecular formula is C39H44O6. The monoisotopic (exact) mass is 608 g/mol. The molecule has 1 saturated carbocycles. The zero-order valence-corrected chi connectivity index (χ0v) is 26.4. The van der Waals surface area contributed by atoms with Gasteiger partial charge in [-0.25, -0.2) is 9.59 Å². The lowest BCUT2D eigenvalue weighted by atomic mass is 9.75. The van der Waals surface area contributed by atoms with Crippen LogP contribution in [0.1, 0.15) is 63.9 Å². The smallest absolute Gasteiger partial charge is 0.341 e. The first-order valence-corrected chi connectivity index (χ1v) is 15.7. The molecule has 3 aromatic carbocycles. The Labute approximate surface area is 267 Å². The fourth-order valence-electron chi connectivity index (χ4n) is 5.71. The van der Waals surface area contributed by atoms with Gasteiger partial charge >= 0.3 is 11.9 Å². The zero-order chi connectivity index (χ0) is 32.2. The number of hydrogen-bond donors (Lipinski definition) is 1. The van der Waals surface area contributed by atoms with E-state index in [4.69, 9.17) is 19.3 Å². The van der Waals surface area contributed by atoms with Crippen molar-refractivity contribution in [2.75, 3.05) is 19.8 Å². The van der Waals surface area contributed by atoms with E-state index in [1.54, 1.807) is 19.1 Å². The molecule has 0 radical (unpaired) electrons. The molecule has 0 spiro atoms. The molecule has 3 aromatic rings. The lowest BCUT2D eigenvalue weighted by Gasteiger charge is -2.30. The number of benzene rings is 3. The summed E-state index contributed by atoms with van der Waals surface area (Å²) in [6, 6.07) is 22.1. The molecule has 0 bridgehead atoms. The van der Waals surface area contributed by atoms with Crippen molar-refractivity contribution in [1.29, 1.82) is 0 Å². The van der Waals surface area contributed by atoms with E-state index in [0.717, 1.165) is 47.6 Å². The summed E-state index contributed by atoms with van der Waals surface area (Å²) >= 11 is 0. The van der Waals surface area contributed by atoms with Gasteiger partial charge in [0.1, 0.15) is 24.7 Å². The predicted molar refractivity (Wildman–Crippen MR) is 179 cm³/mol. The second-order valence-electron chi connectivity index (χ2n) is 11.6. The number of esters is 2. The first-order valence-electron chi connectivity index (χ1n) is 15.7. The average Bonchev–Trinajstić information content (AvgIpc) is 3.07. The fraction of sp³-hybridized carbons (Fsp3) is 0.333. The fourth-order valence-corrected chi connectivity index (χ4v) is 5.71. The van der Waals surface area contributed by atoms with Crippen LogP contribution >= 0.6 is 0 Å². The van der Waals surface area contributed by atoms with Crippen molar-refractivity contribution >= 4 is 11.9 Å². The van der Waals surface area contributed by atoms with Crippen molar-refractivity contribution in [3.8, 4) is 33.8 Å². The van der Waals surface area contributed by atoms with Gasteiger partial charge in [0.2, 0.25) is 0 Å². The Kier molecular flexibility index (Phi) is 12.3. The second-order valence-corrected chi connectivity index (χ2v) is 11.6. The number of allylic oxidation sites excluding steroid dienone is 2. The number of aliphatic hydroxyl groups is 1. The van der Waals surface area contributed by atoms with Crippen LogP contribution in [0.4, 0.5) is 0 Å². The maximum Gasteiger partial charge on any atom is 0.341 e. The average molecular weight is 609 g/mol. The normalized spacial score (nSPS) is 16.2. The molecular weight excluding hydrogens is 564 g/mol. The van der Waals surface area contributed by atoms with Gasteiger partial charge in [-0.1, -0.05) is 67.8 Å². The number of ether oxygens (including phenoxy) is 3. The molecule has 0 heterocycles. The van der Waals surface area contributed by atoms with E-state index in [0.29, 0.717) is 17.2 Å². The Hall–Kier alpha value is -4.42. The van der Waals surface area contributed by atoms with Gasteiger partial charge in [-0.15, -0.1) is 0 Å². The van der Waals surface area contributed by atoms with E-state index in [1.165, 1.54) is 30.4 Å². The zero-order valence-electron chi connectivity index (χ0n) is 26.4. The van der Waals surface area contributed by atoms with E-state index in [-0.39, 0.29) is 18.8 Å². The van der Waals surface area contributed by atoms with Crippen LogP contribution < -0.4 is 9.47 Å². The lowest BCUT2D eigenvalue weighted by molar-refractivity contribution is -0.139. The Morgan fingerprint density at radius 3 is 2.09 bits per heavy atom. The summed E-state index contributed by atoms with van der Waals surface area (Å²) in [5.74, 6) is 1.33. The highest BCUT2D eigenvalue weighted by Gasteiger charge is 2.25. The van der Waals surface area contributed by atoms with Gasteiger partial charge in [-0.3, -0.25) is 0 Å². The van der Waals surface area contributed by atoms with Gasteiger partial charge in [0.25, 0.3) is 0 Å². The van der Waals surface area contributed by atoms with Crippen LogP contribution in [-0.4, -0.2) is 36.9 Å². The predicted octanol–water partition coefficient (Wildman–Crippen LogP) is 8.60. The summed E-state index contributed by atoms with van der Waals surface area (Å²) in [6.45, 7) is 10.8. The van der Waals surface area contributed by atoms with E-state index in [1.807, 2.05) is 18.2 Å². The van der Waals surface area contributed by atoms with E-state index < -0.39 is 18.5 Å². The highest BCUT2D eigenvalue weighted by Crippen LogP contribution is 2.42. The van der Waals surface area contributed by atoms with Crippen molar-refractivity contribution in [3.63, 3.8) is 0 Å². The molecule has 6 heteroatoms. The summed E-state index contributed by atoms with van der Waals surface area (Å²) in [6.07, 6.45) is 11.5. The van der Waals surface area contributed by atoms with Crippen LogP contribution in [-0.2, 0) is 14.3 Å². The van der Waals surface area contributed by atoms with Crippen LogP contribution in [0.25, 0.3) is 22.3 Å². The van der Waals surface area contributed by atoms with E-state index in [9.17, 15) is 9.59 Å². The highest BCUT2D eigenvalue weighted by molar-refractivity contribution is 5.89. The summed E-state index contributed by atoms with van der Waals surface area (Å²) in [7, 11) is 0. The van der Waals surface area contributed by atoms with E-state index in [2.05, 4.69) is 68.6 Å². The number of aliphatic hydroxyl groups excluding tert-OH is 1. The quantitative estimate of drug-likeness (QED) is 0.0649. The number of carbonyl (C=O) groups is 2. The molecule has 1 aliphatic carbocycles. The third kappa shape index (κ3) is 9.53. The second kappa shape index (κ2) is 16.6. The molecule has 0 atom stereocenters. The molecule has 0 unspecified atom stereocenters. The molecule has 0 amide bonds. The van der Waals surface area contributed by atoms with Crippen molar-refractivity contribution in [1.82, 2.24) is 0 Å². The minimum atomic E-state index is -0.643. The lowest BCUT2D eigenvalue weighted by Crippen LogP contribution is -2.15. The van der Waals surface area contributed by atoms with Crippen LogP contribution in [0.2, 0.25) is 0 Å². The van der Waals surface area contributed by atoms with Crippen molar-refractivity contribution in [2.45, 2.75) is 58.3 Å². The van der Waals surface area contributed by atoms with E-state index >= 15 is 0 Å². The largest absolute Gasteiger partial charge is 0.490 e. The molecule has 0 saturated heterocycles. The van der Waals surface area contributed by atoms with Gasteiger partial charge in [-0.2, -0.15) is 0 Å². The third-order valence-electron chi connectivity index (χ3n) is 8.29. The van der Waals surface area contributed by atoms with Crippen molar-refractivity contribution < 1.29 is 28.9 Å². The minimum Gasteiger partial charge on any atom is -0.490 e. The number of hydrogen-bond acceptors (Lipinski definition) is 6. The topological polar surface area (TPSA) is 82.1 Å². The molecule has 236 valence electrons. The third-order valence-corrected chi connectivity index (χ3v) is 8.29. The van der Waals surface area contributed by atoms with Crippen LogP contribution in [0, 0.1) is 5.92 Å². The Morgan fingerprint density at radius 2 is 1.47 bits per heavy atom. The van der Waals surface area contributed by atoms with Gasteiger partial charge in [-0.05, 0) is 116 Å². The summed E-state index contributed by atoms with van der Waals surface area (Å²) in [5, 5.41) is 9.08. The number of carbonyl (C=O) groups excluding carboxylic acids is 2. The maximum absolute atomic E-state index is 11.9. The summed E-state index contributed by atoms with van der Waals surface area (Å²) < 4.78 is 16.5. The first kappa shape index (κ1) is 33.5. The van der Waals surface area contributed by atoms with Crippen LogP contribution in [0.15, 0.2) is 103 Å². The molecule has 0 aromatic heterocycles. The Bertz CT molecular complexity index is 1490. The molecule has 1 aliphatic rings. The summed E-state index contributed by atoms with van der Waals surface area (Å²) in [5.41, 5.74) is 6.05. The first-order chi connectivity index (χ1) is 21.8. The van der Waals surface area contributed by atoms with Gasteiger partial charge in [0.15, 0.2) is 0 Å². The Morgan fingerprint density at radius 1 is 0.844 bits per heavy atom. The molecule has 45 heavy (non-hydrogen) atoms. The SMILES string of the molecule is C=C(C)C(=O)OCCOc1ccc(-c2ccc(-c3ccc(OC(=O)C(=C)CO)cc3)cc2)c(C2CCC(CC/C=C/C)CC2)c1. The van der Waals surface area contributed by atoms with Gasteiger partial charge < -0.3 is 19.3 Å². The van der Waals surface area contributed by atoms with Gasteiger partial charge in [0, 0.05) is 5.57 Å². The minimum absolute atomic E-state index is 0.00942.